The van der Waals surface area contributed by atoms with Crippen molar-refractivity contribution in [1.29, 1.82) is 0 Å². The number of carboxylic acids is 1. The number of unbranched alkanes of at least 4 members (excludes halogenated alkanes) is 1. The fourth-order valence-electron chi connectivity index (χ4n) is 2.25. The van der Waals surface area contributed by atoms with Crippen LogP contribution >= 0.6 is 12.4 Å². The van der Waals surface area contributed by atoms with E-state index in [2.05, 4.69) is 10.3 Å². The number of nitrogens with zero attached hydrogens (tertiary/aromatic N) is 1. The molecule has 0 saturated heterocycles. The third kappa shape index (κ3) is 4.16. The first-order valence-electron chi connectivity index (χ1n) is 6.27. The zero-order valence-corrected chi connectivity index (χ0v) is 11.4. The Bertz CT molecular complexity index is 440. The van der Waals surface area contributed by atoms with Gasteiger partial charge in [-0.05, 0) is 30.9 Å². The van der Waals surface area contributed by atoms with Crippen molar-refractivity contribution in [1.82, 2.24) is 10.3 Å². The Morgan fingerprint density at radius 2 is 2.21 bits per heavy atom. The first-order valence-corrected chi connectivity index (χ1v) is 6.27. The maximum Gasteiger partial charge on any atom is 0.354 e. The summed E-state index contributed by atoms with van der Waals surface area (Å²) in [6.07, 6.45) is 3.54. The van der Waals surface area contributed by atoms with Gasteiger partial charge < -0.3 is 15.5 Å². The van der Waals surface area contributed by atoms with Crippen molar-refractivity contribution >= 4 is 18.4 Å². The minimum atomic E-state index is -0.979. The van der Waals surface area contributed by atoms with E-state index in [1.165, 1.54) is 0 Å². The van der Waals surface area contributed by atoms with Crippen molar-refractivity contribution < 1.29 is 15.0 Å². The molecule has 106 valence electrons. The smallest absolute Gasteiger partial charge is 0.354 e. The van der Waals surface area contributed by atoms with Gasteiger partial charge in [0.15, 0.2) is 0 Å². The third-order valence-corrected chi connectivity index (χ3v) is 3.27. The summed E-state index contributed by atoms with van der Waals surface area (Å²) in [6.45, 7) is 0.969. The van der Waals surface area contributed by atoms with Crippen LogP contribution in [0, 0.1) is 0 Å². The predicted molar refractivity (Wildman–Crippen MR) is 73.7 cm³/mol. The molecule has 0 saturated carbocycles. The van der Waals surface area contributed by atoms with Gasteiger partial charge in [-0.2, -0.15) is 0 Å². The fourth-order valence-corrected chi connectivity index (χ4v) is 2.25. The molecule has 0 amide bonds. The number of rotatable bonds is 5. The second kappa shape index (κ2) is 7.43. The van der Waals surface area contributed by atoms with Crippen molar-refractivity contribution in [3.63, 3.8) is 0 Å². The SMILES string of the molecule is Cl.O=C(O)c1ccc2c(n1)CC(CCCCO)NC2. The van der Waals surface area contributed by atoms with Crippen LogP contribution in [0.25, 0.3) is 0 Å². The van der Waals surface area contributed by atoms with Crippen LogP contribution in [-0.4, -0.2) is 33.8 Å². The summed E-state index contributed by atoms with van der Waals surface area (Å²) >= 11 is 0. The normalized spacial score (nSPS) is 17.4. The molecule has 1 aliphatic heterocycles. The number of hydrogen-bond acceptors (Lipinski definition) is 4. The van der Waals surface area contributed by atoms with Gasteiger partial charge in [0.2, 0.25) is 0 Å². The second-order valence-corrected chi connectivity index (χ2v) is 4.61. The molecule has 0 spiro atoms. The molecule has 0 radical (unpaired) electrons. The Hall–Kier alpha value is -1.17. The lowest BCUT2D eigenvalue weighted by Crippen LogP contribution is -2.36. The number of halogens is 1. The van der Waals surface area contributed by atoms with Crippen molar-refractivity contribution in [2.75, 3.05) is 6.61 Å². The lowest BCUT2D eigenvalue weighted by atomic mass is 9.97. The average molecular weight is 287 g/mol. The molecule has 0 bridgehead atoms. The summed E-state index contributed by atoms with van der Waals surface area (Å²) in [7, 11) is 0. The minimum Gasteiger partial charge on any atom is -0.477 e. The van der Waals surface area contributed by atoms with Gasteiger partial charge in [-0.1, -0.05) is 6.07 Å². The Kier molecular flexibility index (Phi) is 6.21. The predicted octanol–water partition coefficient (Wildman–Crippen LogP) is 1.38. The summed E-state index contributed by atoms with van der Waals surface area (Å²) in [4.78, 5) is 15.1. The van der Waals surface area contributed by atoms with Crippen LogP contribution in [0.4, 0.5) is 0 Å². The van der Waals surface area contributed by atoms with Gasteiger partial charge in [0.05, 0.1) is 0 Å². The molecule has 0 fully saturated rings. The Morgan fingerprint density at radius 1 is 1.42 bits per heavy atom. The van der Waals surface area contributed by atoms with Crippen molar-refractivity contribution in [3.8, 4) is 0 Å². The van der Waals surface area contributed by atoms with E-state index in [0.29, 0.717) is 6.04 Å². The molecule has 2 heterocycles. The number of carbonyl (C=O) groups is 1. The molecule has 0 aliphatic carbocycles. The van der Waals surface area contributed by atoms with Gasteiger partial charge >= 0.3 is 5.97 Å². The van der Waals surface area contributed by atoms with Crippen molar-refractivity contribution in [2.45, 2.75) is 38.3 Å². The fraction of sp³-hybridized carbons (Fsp3) is 0.538. The third-order valence-electron chi connectivity index (χ3n) is 3.27. The highest BCUT2D eigenvalue weighted by molar-refractivity contribution is 5.85. The van der Waals surface area contributed by atoms with Crippen LogP contribution < -0.4 is 5.32 Å². The van der Waals surface area contributed by atoms with E-state index in [1.54, 1.807) is 6.07 Å². The zero-order valence-electron chi connectivity index (χ0n) is 10.6. The number of hydrogen-bond donors (Lipinski definition) is 3. The number of aliphatic hydroxyl groups excluding tert-OH is 1. The van der Waals surface area contributed by atoms with Gasteiger partial charge in [-0.15, -0.1) is 12.4 Å². The Morgan fingerprint density at radius 3 is 2.89 bits per heavy atom. The van der Waals surface area contributed by atoms with E-state index in [0.717, 1.165) is 43.5 Å². The molecule has 6 heteroatoms. The van der Waals surface area contributed by atoms with E-state index < -0.39 is 5.97 Å². The highest BCUT2D eigenvalue weighted by atomic mass is 35.5. The van der Waals surface area contributed by atoms with Gasteiger partial charge in [0.25, 0.3) is 0 Å². The number of aliphatic hydroxyl groups is 1. The van der Waals surface area contributed by atoms with Gasteiger partial charge in [0, 0.05) is 31.3 Å². The molecule has 1 aromatic rings. The number of fused-ring (bicyclic) bond motifs is 1. The summed E-state index contributed by atoms with van der Waals surface area (Å²) < 4.78 is 0. The number of aromatic nitrogens is 1. The van der Waals surface area contributed by atoms with E-state index in [9.17, 15) is 4.79 Å². The Labute approximate surface area is 118 Å². The first-order chi connectivity index (χ1) is 8.70. The second-order valence-electron chi connectivity index (χ2n) is 4.61. The van der Waals surface area contributed by atoms with Gasteiger partial charge in [-0.3, -0.25) is 0 Å². The van der Waals surface area contributed by atoms with Crippen molar-refractivity contribution in [3.05, 3.63) is 29.1 Å². The molecule has 1 aliphatic rings. The molecular formula is C13H19ClN2O3. The minimum absolute atomic E-state index is 0. The maximum absolute atomic E-state index is 10.9. The molecule has 3 N–H and O–H groups in total. The highest BCUT2D eigenvalue weighted by Gasteiger charge is 2.20. The molecule has 1 atom stereocenters. The lowest BCUT2D eigenvalue weighted by molar-refractivity contribution is 0.0690. The molecule has 5 nitrogen and oxygen atoms in total. The zero-order chi connectivity index (χ0) is 13.0. The summed E-state index contributed by atoms with van der Waals surface area (Å²) in [6, 6.07) is 3.72. The molecule has 2 rings (SSSR count). The average Bonchev–Trinajstić information content (AvgIpc) is 2.38. The largest absolute Gasteiger partial charge is 0.477 e. The van der Waals surface area contributed by atoms with E-state index in [1.807, 2.05) is 6.07 Å². The van der Waals surface area contributed by atoms with Crippen LogP contribution in [0.5, 0.6) is 0 Å². The highest BCUT2D eigenvalue weighted by Crippen LogP contribution is 2.18. The van der Waals surface area contributed by atoms with E-state index in [4.69, 9.17) is 10.2 Å². The van der Waals surface area contributed by atoms with E-state index in [-0.39, 0.29) is 24.7 Å². The number of nitrogens with one attached hydrogen (secondary N) is 1. The number of carboxylic acid groups (broad SMARTS) is 1. The van der Waals surface area contributed by atoms with Crippen LogP contribution in [0.2, 0.25) is 0 Å². The van der Waals surface area contributed by atoms with E-state index >= 15 is 0 Å². The lowest BCUT2D eigenvalue weighted by Gasteiger charge is -2.25. The number of aromatic carboxylic acids is 1. The van der Waals surface area contributed by atoms with Crippen LogP contribution in [0.3, 0.4) is 0 Å². The summed E-state index contributed by atoms with van der Waals surface area (Å²) in [5, 5.41) is 21.1. The van der Waals surface area contributed by atoms with Crippen LogP contribution in [0.15, 0.2) is 12.1 Å². The van der Waals surface area contributed by atoms with Crippen LogP contribution in [0.1, 0.15) is 41.0 Å². The summed E-state index contributed by atoms with van der Waals surface area (Å²) in [5.41, 5.74) is 2.09. The quantitative estimate of drug-likeness (QED) is 0.712. The van der Waals surface area contributed by atoms with Gasteiger partial charge in [0.1, 0.15) is 5.69 Å². The molecule has 0 aromatic carbocycles. The molecule has 19 heavy (non-hydrogen) atoms. The standard InChI is InChI=1S/C13H18N2O3.ClH/c16-6-2-1-3-10-7-12-9(8-14-10)4-5-11(15-12)13(17)18;/h4-5,10,14,16H,1-3,6-8H2,(H,17,18);1H. The molecular weight excluding hydrogens is 268 g/mol. The topological polar surface area (TPSA) is 82.5 Å². The molecule has 1 unspecified atom stereocenters. The first kappa shape index (κ1) is 15.9. The summed E-state index contributed by atoms with van der Waals surface area (Å²) in [5.74, 6) is -0.979. The maximum atomic E-state index is 10.9. The van der Waals surface area contributed by atoms with Crippen LogP contribution in [-0.2, 0) is 13.0 Å². The number of pyridine rings is 1. The van der Waals surface area contributed by atoms with Crippen molar-refractivity contribution in [2.24, 2.45) is 0 Å². The molecule has 1 aromatic heterocycles. The van der Waals surface area contributed by atoms with Gasteiger partial charge in [-0.25, -0.2) is 9.78 Å². The Balaban J connectivity index is 0.00000180. The monoisotopic (exact) mass is 286 g/mol.